The molecule has 4 aliphatic rings. The van der Waals surface area contributed by atoms with Gasteiger partial charge in [-0.25, -0.2) is 4.79 Å². The summed E-state index contributed by atoms with van der Waals surface area (Å²) < 4.78 is 14.6. The molecule has 3 saturated carbocycles. The van der Waals surface area contributed by atoms with Gasteiger partial charge in [-0.3, -0.25) is 0 Å². The van der Waals surface area contributed by atoms with Crippen molar-refractivity contribution in [3.05, 3.63) is 34.5 Å². The van der Waals surface area contributed by atoms with Gasteiger partial charge in [-0.05, 0) is 171 Å². The van der Waals surface area contributed by atoms with Crippen LogP contribution >= 0.6 is 67.8 Å². The lowest BCUT2D eigenvalue weighted by atomic mass is 9.47. The molecule has 1 aromatic carbocycles. The number of benzene rings is 1. The van der Waals surface area contributed by atoms with Crippen molar-refractivity contribution in [1.82, 2.24) is 0 Å². The molecule has 3 nitrogen and oxygen atoms in total. The van der Waals surface area contributed by atoms with Crippen LogP contribution in [0.2, 0.25) is 0 Å². The van der Waals surface area contributed by atoms with Crippen molar-refractivity contribution in [2.45, 2.75) is 111 Å². The van der Waals surface area contributed by atoms with E-state index in [-0.39, 0.29) is 11.5 Å². The van der Waals surface area contributed by atoms with Crippen LogP contribution in [-0.4, -0.2) is 12.3 Å². The SMILES string of the molecule is CC(C)CCC[C@@H](C)[C@H]1CC[C@H]2[C@@H]3CC=C4C[C@@H](OC(=O)Oc5c(I)cc(I)cc5I)CC[C@]4(C)[C@H]3CC[C@]12C. The molecule has 4 aliphatic carbocycles. The molecule has 0 N–H and O–H groups in total. The second-order valence-corrected chi connectivity index (χ2v) is 17.9. The van der Waals surface area contributed by atoms with Gasteiger partial charge >= 0.3 is 6.16 Å². The van der Waals surface area contributed by atoms with Crippen LogP contribution in [0.4, 0.5) is 4.79 Å². The highest BCUT2D eigenvalue weighted by molar-refractivity contribution is 14.1. The molecular weight excluding hydrogens is 837 g/mol. The highest BCUT2D eigenvalue weighted by atomic mass is 127. The average Bonchev–Trinajstić information content (AvgIpc) is 3.23. The molecule has 0 aromatic heterocycles. The fraction of sp³-hybridized carbons (Fsp3) is 0.735. The van der Waals surface area contributed by atoms with Gasteiger partial charge in [0.05, 0.1) is 7.14 Å². The Morgan fingerprint density at radius 2 is 1.70 bits per heavy atom. The van der Waals surface area contributed by atoms with E-state index in [0.29, 0.717) is 11.2 Å². The van der Waals surface area contributed by atoms with Gasteiger partial charge in [-0.15, -0.1) is 0 Å². The molecule has 0 unspecified atom stereocenters. The summed E-state index contributed by atoms with van der Waals surface area (Å²) in [4.78, 5) is 12.8. The third-order valence-corrected chi connectivity index (χ3v) is 13.9. The van der Waals surface area contributed by atoms with Gasteiger partial charge in [-0.2, -0.15) is 0 Å². The highest BCUT2D eigenvalue weighted by Gasteiger charge is 2.59. The zero-order valence-corrected chi connectivity index (χ0v) is 31.4. The molecule has 0 spiro atoms. The molecule has 3 fully saturated rings. The molecule has 6 heteroatoms. The minimum absolute atomic E-state index is 0.0843. The third kappa shape index (κ3) is 6.30. The maximum atomic E-state index is 12.8. The minimum Gasteiger partial charge on any atom is -0.430 e. The molecule has 40 heavy (non-hydrogen) atoms. The highest BCUT2D eigenvalue weighted by Crippen LogP contribution is 2.67. The molecule has 1 aromatic rings. The number of ether oxygens (including phenoxy) is 2. The number of fused-ring (bicyclic) bond motifs is 5. The van der Waals surface area contributed by atoms with Crippen LogP contribution < -0.4 is 4.74 Å². The zero-order chi connectivity index (χ0) is 28.8. The van der Waals surface area contributed by atoms with Gasteiger partial charge in [0.15, 0.2) is 5.75 Å². The first kappa shape index (κ1) is 31.8. The Kier molecular flexibility index (Phi) is 10.2. The maximum absolute atomic E-state index is 12.8. The van der Waals surface area contributed by atoms with Crippen molar-refractivity contribution in [1.29, 1.82) is 0 Å². The van der Waals surface area contributed by atoms with Crippen LogP contribution in [0.25, 0.3) is 0 Å². The Labute approximate surface area is 283 Å². The van der Waals surface area contributed by atoms with Crippen molar-refractivity contribution in [3.63, 3.8) is 0 Å². The number of carbonyl (C=O) groups excluding carboxylic acids is 1. The molecule has 0 radical (unpaired) electrons. The molecule has 0 bridgehead atoms. The lowest BCUT2D eigenvalue weighted by Crippen LogP contribution is -2.51. The number of rotatable bonds is 7. The Morgan fingerprint density at radius 1 is 0.975 bits per heavy atom. The van der Waals surface area contributed by atoms with Crippen LogP contribution in [-0.2, 0) is 4.74 Å². The van der Waals surface area contributed by atoms with Crippen LogP contribution in [0, 0.1) is 57.0 Å². The van der Waals surface area contributed by atoms with E-state index >= 15 is 0 Å². The van der Waals surface area contributed by atoms with E-state index in [1.165, 1.54) is 51.4 Å². The molecule has 222 valence electrons. The van der Waals surface area contributed by atoms with Crippen molar-refractivity contribution >= 4 is 73.9 Å². The van der Waals surface area contributed by atoms with Gasteiger partial charge in [0.25, 0.3) is 0 Å². The second-order valence-electron chi connectivity index (χ2n) is 14.3. The average molecular weight is 884 g/mol. The molecule has 0 amide bonds. The smallest absolute Gasteiger partial charge is 0.430 e. The Hall–Kier alpha value is 0.420. The van der Waals surface area contributed by atoms with Gasteiger partial charge in [0, 0.05) is 9.99 Å². The lowest BCUT2D eigenvalue weighted by molar-refractivity contribution is -0.0597. The molecule has 0 aliphatic heterocycles. The third-order valence-electron chi connectivity index (χ3n) is 11.7. The topological polar surface area (TPSA) is 35.5 Å². The number of hydrogen-bond donors (Lipinski definition) is 0. The van der Waals surface area contributed by atoms with Crippen LogP contribution in [0.5, 0.6) is 5.75 Å². The summed E-state index contributed by atoms with van der Waals surface area (Å²) in [7, 11) is 0. The summed E-state index contributed by atoms with van der Waals surface area (Å²) >= 11 is 6.75. The van der Waals surface area contributed by atoms with Crippen molar-refractivity contribution in [3.8, 4) is 5.75 Å². The van der Waals surface area contributed by atoms with Crippen molar-refractivity contribution in [2.75, 3.05) is 0 Å². The summed E-state index contributed by atoms with van der Waals surface area (Å²) in [6.07, 6.45) is 15.9. The first-order valence-electron chi connectivity index (χ1n) is 15.6. The second kappa shape index (κ2) is 12.8. The maximum Gasteiger partial charge on any atom is 0.514 e. The van der Waals surface area contributed by atoms with E-state index in [1.807, 2.05) is 12.1 Å². The standard InChI is InChI=1S/C34H47I3O3/c1-20(2)7-6-8-21(3)26-11-12-27-25-10-9-22-17-24(13-15-33(22,4)28(25)14-16-34(26,27)5)39-32(38)40-31-29(36)18-23(35)19-30(31)37/h9,18-21,24-28H,6-8,10-17H2,1-5H3/t21-,24+,25+,26-,27+,28+,33+,34-/m1/s1. The summed E-state index contributed by atoms with van der Waals surface area (Å²) in [5.74, 6) is 5.68. The molecule has 5 rings (SSSR count). The normalized spacial score (nSPS) is 35.8. The number of carbonyl (C=O) groups is 1. The molecule has 0 saturated heterocycles. The first-order valence-corrected chi connectivity index (χ1v) is 18.9. The van der Waals surface area contributed by atoms with Crippen LogP contribution in [0.1, 0.15) is 105 Å². The number of allylic oxidation sites excluding steroid dienone is 1. The molecule has 8 atom stereocenters. The Bertz CT molecular complexity index is 1110. The van der Waals surface area contributed by atoms with E-state index < -0.39 is 6.16 Å². The van der Waals surface area contributed by atoms with Crippen molar-refractivity contribution in [2.24, 2.45) is 46.3 Å². The zero-order valence-electron chi connectivity index (χ0n) is 24.9. The summed E-state index contributed by atoms with van der Waals surface area (Å²) in [6, 6.07) is 4.05. The number of hydrogen-bond acceptors (Lipinski definition) is 3. The number of halogens is 3. The monoisotopic (exact) mass is 884 g/mol. The molecular formula is C34H47I3O3. The fourth-order valence-electron chi connectivity index (χ4n) is 9.62. The van der Waals surface area contributed by atoms with Crippen molar-refractivity contribution < 1.29 is 14.3 Å². The van der Waals surface area contributed by atoms with Crippen LogP contribution in [0.3, 0.4) is 0 Å². The van der Waals surface area contributed by atoms with Crippen LogP contribution in [0.15, 0.2) is 23.8 Å². The molecule has 0 heterocycles. The van der Waals surface area contributed by atoms with E-state index in [2.05, 4.69) is 108 Å². The van der Waals surface area contributed by atoms with E-state index in [1.54, 1.807) is 5.57 Å². The van der Waals surface area contributed by atoms with Gasteiger partial charge < -0.3 is 9.47 Å². The summed E-state index contributed by atoms with van der Waals surface area (Å²) in [6.45, 7) is 12.5. The summed E-state index contributed by atoms with van der Waals surface area (Å²) in [5.41, 5.74) is 2.33. The van der Waals surface area contributed by atoms with Gasteiger partial charge in [0.2, 0.25) is 0 Å². The van der Waals surface area contributed by atoms with E-state index in [0.717, 1.165) is 65.5 Å². The van der Waals surface area contributed by atoms with Gasteiger partial charge in [-0.1, -0.05) is 65.5 Å². The summed E-state index contributed by atoms with van der Waals surface area (Å²) in [5, 5.41) is 0. The van der Waals surface area contributed by atoms with Gasteiger partial charge in [0.1, 0.15) is 6.10 Å². The van der Waals surface area contributed by atoms with E-state index in [4.69, 9.17) is 9.47 Å². The predicted molar refractivity (Wildman–Crippen MR) is 189 cm³/mol. The predicted octanol–water partition coefficient (Wildman–Crippen LogP) is 11.4. The minimum atomic E-state index is -0.562. The quantitative estimate of drug-likeness (QED) is 0.118. The first-order chi connectivity index (χ1) is 18.9. The Balaban J connectivity index is 1.23. The Morgan fingerprint density at radius 3 is 2.40 bits per heavy atom. The lowest BCUT2D eigenvalue weighted by Gasteiger charge is -2.58. The van der Waals surface area contributed by atoms with E-state index in [9.17, 15) is 4.79 Å². The fourth-order valence-corrected chi connectivity index (χ4v) is 13.4. The largest absolute Gasteiger partial charge is 0.514 e.